The zero-order valence-corrected chi connectivity index (χ0v) is 19.7. The van der Waals surface area contributed by atoms with E-state index in [9.17, 15) is 9.59 Å². The molecule has 0 radical (unpaired) electrons. The minimum absolute atomic E-state index is 0.0378. The van der Waals surface area contributed by atoms with Gasteiger partial charge in [0.1, 0.15) is 6.54 Å². The molecule has 5 aromatic rings. The minimum Gasteiger partial charge on any atom is -0.337 e. The van der Waals surface area contributed by atoms with Crippen molar-refractivity contribution >= 4 is 34.3 Å². The largest absolute Gasteiger partial charge is 0.337 e. The molecule has 7 nitrogen and oxygen atoms in total. The highest BCUT2D eigenvalue weighted by Crippen LogP contribution is 2.21. The molecule has 0 aliphatic heterocycles. The van der Waals surface area contributed by atoms with Crippen LogP contribution in [0.25, 0.3) is 22.3 Å². The fourth-order valence-corrected chi connectivity index (χ4v) is 4.28. The van der Waals surface area contributed by atoms with E-state index >= 15 is 0 Å². The highest BCUT2D eigenvalue weighted by molar-refractivity contribution is 7.98. The molecule has 5 rings (SSSR count). The maximum atomic E-state index is 13.4. The zero-order valence-electron chi connectivity index (χ0n) is 18.1. The number of aromatic nitrogens is 4. The smallest absolute Gasteiger partial charge is 0.332 e. The van der Waals surface area contributed by atoms with Crippen LogP contribution in [0.3, 0.4) is 0 Å². The molecule has 0 amide bonds. The van der Waals surface area contributed by atoms with Gasteiger partial charge in [0.2, 0.25) is 11.7 Å². The maximum Gasteiger partial charge on any atom is 0.332 e. The molecular weight excluding hydrogens is 472 g/mol. The monoisotopic (exact) mass is 490 g/mol. The summed E-state index contributed by atoms with van der Waals surface area (Å²) in [6.45, 7) is 0.159. The topological polar surface area (TPSA) is 82.9 Å². The summed E-state index contributed by atoms with van der Waals surface area (Å²) in [4.78, 5) is 32.2. The molecule has 0 aliphatic carbocycles. The Morgan fingerprint density at radius 3 is 2.38 bits per heavy atom. The average molecular weight is 491 g/mol. The third kappa shape index (κ3) is 4.30. The molecule has 0 fully saturated rings. The van der Waals surface area contributed by atoms with Crippen LogP contribution in [0.15, 0.2) is 91.8 Å². The van der Waals surface area contributed by atoms with Crippen LogP contribution in [-0.4, -0.2) is 25.5 Å². The average Bonchev–Trinajstić information content (AvgIpc) is 3.34. The molecule has 0 N–H and O–H groups in total. The Morgan fingerprint density at radius 2 is 1.65 bits per heavy atom. The second-order valence-electron chi connectivity index (χ2n) is 7.64. The van der Waals surface area contributed by atoms with Crippen LogP contribution in [-0.2, 0) is 13.1 Å². The van der Waals surface area contributed by atoms with E-state index in [1.165, 1.54) is 9.13 Å². The summed E-state index contributed by atoms with van der Waals surface area (Å²) in [7, 11) is 0. The molecule has 0 saturated carbocycles. The number of thioether (sulfide) groups is 1. The van der Waals surface area contributed by atoms with E-state index in [0.717, 1.165) is 16.0 Å². The quantitative estimate of drug-likeness (QED) is 0.321. The first-order valence-electron chi connectivity index (χ1n) is 10.5. The van der Waals surface area contributed by atoms with Gasteiger partial charge in [-0.2, -0.15) is 4.98 Å². The Bertz CT molecular complexity index is 1590. The van der Waals surface area contributed by atoms with E-state index in [1.807, 2.05) is 30.5 Å². The van der Waals surface area contributed by atoms with Crippen molar-refractivity contribution in [1.82, 2.24) is 19.3 Å². The third-order valence-electron chi connectivity index (χ3n) is 5.50. The SMILES string of the molecule is CSc1ccc(-c2noc(Cn3c(=O)n(Cc4ccc(Cl)cc4)c(=O)c4ccccc43)n2)cc1. The summed E-state index contributed by atoms with van der Waals surface area (Å²) in [5.41, 5.74) is 1.31. The van der Waals surface area contributed by atoms with Crippen molar-refractivity contribution in [3.05, 3.63) is 110 Å². The number of fused-ring (bicyclic) bond motifs is 1. The second kappa shape index (κ2) is 9.32. The highest BCUT2D eigenvalue weighted by Gasteiger charge is 2.16. The van der Waals surface area contributed by atoms with E-state index in [0.29, 0.717) is 21.7 Å². The fourth-order valence-electron chi connectivity index (χ4n) is 3.75. The Kier molecular flexibility index (Phi) is 6.08. The lowest BCUT2D eigenvalue weighted by atomic mass is 10.2. The summed E-state index contributed by atoms with van der Waals surface area (Å²) in [6.07, 6.45) is 2.01. The first-order valence-corrected chi connectivity index (χ1v) is 12.1. The molecule has 34 heavy (non-hydrogen) atoms. The van der Waals surface area contributed by atoms with Crippen molar-refractivity contribution in [3.63, 3.8) is 0 Å². The van der Waals surface area contributed by atoms with Crippen LogP contribution in [0.2, 0.25) is 5.02 Å². The van der Waals surface area contributed by atoms with Crippen molar-refractivity contribution in [2.24, 2.45) is 0 Å². The van der Waals surface area contributed by atoms with Gasteiger partial charge in [-0.1, -0.05) is 41.0 Å². The predicted molar refractivity (Wildman–Crippen MR) is 134 cm³/mol. The summed E-state index contributed by atoms with van der Waals surface area (Å²) in [5, 5.41) is 5.09. The van der Waals surface area contributed by atoms with E-state index in [2.05, 4.69) is 10.1 Å². The number of rotatable bonds is 6. The number of nitrogens with zero attached hydrogens (tertiary/aromatic N) is 4. The zero-order chi connectivity index (χ0) is 23.7. The molecule has 0 aliphatic rings. The molecule has 0 spiro atoms. The van der Waals surface area contributed by atoms with E-state index in [4.69, 9.17) is 16.1 Å². The summed E-state index contributed by atoms with van der Waals surface area (Å²) in [6, 6.07) is 21.9. The van der Waals surface area contributed by atoms with Gasteiger partial charge in [-0.25, -0.2) is 4.79 Å². The van der Waals surface area contributed by atoms with Crippen molar-refractivity contribution in [1.29, 1.82) is 0 Å². The minimum atomic E-state index is -0.456. The van der Waals surface area contributed by atoms with Crippen LogP contribution >= 0.6 is 23.4 Å². The highest BCUT2D eigenvalue weighted by atomic mass is 35.5. The Hall–Kier alpha value is -3.62. The van der Waals surface area contributed by atoms with E-state index < -0.39 is 5.69 Å². The number of hydrogen-bond donors (Lipinski definition) is 0. The van der Waals surface area contributed by atoms with Crippen molar-refractivity contribution in [2.45, 2.75) is 18.0 Å². The lowest BCUT2D eigenvalue weighted by Gasteiger charge is -2.13. The molecule has 0 saturated heterocycles. The molecule has 3 aromatic carbocycles. The number of para-hydroxylation sites is 1. The van der Waals surface area contributed by atoms with E-state index in [-0.39, 0.29) is 24.5 Å². The molecule has 2 heterocycles. The number of hydrogen-bond acceptors (Lipinski definition) is 6. The molecule has 170 valence electrons. The van der Waals surface area contributed by atoms with Crippen LogP contribution in [0.1, 0.15) is 11.5 Å². The van der Waals surface area contributed by atoms with Crippen LogP contribution in [0.4, 0.5) is 0 Å². The third-order valence-corrected chi connectivity index (χ3v) is 6.49. The lowest BCUT2D eigenvalue weighted by Crippen LogP contribution is -2.40. The summed E-state index contributed by atoms with van der Waals surface area (Å²) >= 11 is 7.62. The number of halogens is 1. The Labute approximate surface area is 203 Å². The molecule has 2 aromatic heterocycles. The normalized spacial score (nSPS) is 11.2. The molecule has 0 bridgehead atoms. The summed E-state index contributed by atoms with van der Waals surface area (Å²) in [5.74, 6) is 0.711. The molecule has 9 heteroatoms. The van der Waals surface area contributed by atoms with Gasteiger partial charge >= 0.3 is 5.69 Å². The van der Waals surface area contributed by atoms with Crippen molar-refractivity contribution < 1.29 is 4.52 Å². The Balaban J connectivity index is 1.55. The van der Waals surface area contributed by atoms with Crippen LogP contribution < -0.4 is 11.2 Å². The van der Waals surface area contributed by atoms with Crippen LogP contribution in [0.5, 0.6) is 0 Å². The lowest BCUT2D eigenvalue weighted by molar-refractivity contribution is 0.369. The van der Waals surface area contributed by atoms with Gasteiger partial charge in [-0.05, 0) is 60.4 Å². The van der Waals surface area contributed by atoms with Gasteiger partial charge in [0.15, 0.2) is 0 Å². The van der Waals surface area contributed by atoms with Gasteiger partial charge < -0.3 is 4.52 Å². The van der Waals surface area contributed by atoms with Gasteiger partial charge in [0, 0.05) is 15.5 Å². The summed E-state index contributed by atoms with van der Waals surface area (Å²) < 4.78 is 8.16. The molecule has 0 unspecified atom stereocenters. The molecular formula is C25H19ClN4O3S. The van der Waals surface area contributed by atoms with Gasteiger partial charge in [-0.3, -0.25) is 13.9 Å². The molecule has 0 atom stereocenters. The van der Waals surface area contributed by atoms with Gasteiger partial charge in [-0.15, -0.1) is 11.8 Å². The van der Waals surface area contributed by atoms with E-state index in [1.54, 1.807) is 60.3 Å². The van der Waals surface area contributed by atoms with Crippen molar-refractivity contribution in [2.75, 3.05) is 6.26 Å². The standard InChI is InChI=1S/C25H19ClN4O3S/c1-34-19-12-8-17(9-13-19)23-27-22(33-28-23)15-29-21-5-3-2-4-20(21)24(31)30(25(29)32)14-16-6-10-18(26)11-7-16/h2-13H,14-15H2,1H3. The first kappa shape index (κ1) is 22.2. The van der Waals surface area contributed by atoms with Gasteiger partial charge in [0.25, 0.3) is 5.56 Å². The van der Waals surface area contributed by atoms with Crippen molar-refractivity contribution in [3.8, 4) is 11.4 Å². The second-order valence-corrected chi connectivity index (χ2v) is 8.96. The maximum absolute atomic E-state index is 13.4. The van der Waals surface area contributed by atoms with Crippen LogP contribution in [0, 0.1) is 0 Å². The van der Waals surface area contributed by atoms with Gasteiger partial charge in [0.05, 0.1) is 17.4 Å². The Morgan fingerprint density at radius 1 is 0.912 bits per heavy atom. The fraction of sp³-hybridized carbons (Fsp3) is 0.120. The predicted octanol–water partition coefficient (Wildman–Crippen LogP) is 4.69. The number of benzene rings is 3. The first-order chi connectivity index (χ1) is 16.5.